The number of piperazine rings is 1. The molecule has 0 bridgehead atoms. The average Bonchev–Trinajstić information content (AvgIpc) is 2.96. The van der Waals surface area contributed by atoms with Gasteiger partial charge in [-0.1, -0.05) is 6.07 Å². The summed E-state index contributed by atoms with van der Waals surface area (Å²) in [7, 11) is 0. The molecule has 0 spiro atoms. The number of nitrogens with zero attached hydrogens (tertiary/aromatic N) is 2. The van der Waals surface area contributed by atoms with Crippen molar-refractivity contribution in [3.05, 3.63) is 52.0 Å². The molecular formula is C15H19N3S. The lowest BCUT2D eigenvalue weighted by molar-refractivity contribution is 0.200. The lowest BCUT2D eigenvalue weighted by Gasteiger charge is -2.35. The molecule has 0 saturated carbocycles. The molecule has 3 nitrogen and oxygen atoms in total. The highest BCUT2D eigenvalue weighted by molar-refractivity contribution is 7.10. The Hall–Kier alpha value is -1.23. The molecule has 1 aliphatic rings. The molecule has 100 valence electrons. The van der Waals surface area contributed by atoms with Crippen molar-refractivity contribution in [3.8, 4) is 0 Å². The van der Waals surface area contributed by atoms with Gasteiger partial charge in [-0.2, -0.15) is 0 Å². The first-order valence-electron chi connectivity index (χ1n) is 6.75. The molecular weight excluding hydrogens is 254 g/mol. The Morgan fingerprint density at radius 3 is 2.84 bits per heavy atom. The molecule has 1 fully saturated rings. The number of hydrogen-bond acceptors (Lipinski definition) is 4. The van der Waals surface area contributed by atoms with Gasteiger partial charge in [0.05, 0.1) is 6.04 Å². The van der Waals surface area contributed by atoms with Crippen LogP contribution in [0.15, 0.2) is 36.0 Å². The van der Waals surface area contributed by atoms with E-state index in [9.17, 15) is 0 Å². The third-order valence-electron chi connectivity index (χ3n) is 3.69. The summed E-state index contributed by atoms with van der Waals surface area (Å²) in [5.74, 6) is 0. The lowest BCUT2D eigenvalue weighted by atomic mass is 10.00. The van der Waals surface area contributed by atoms with Crippen molar-refractivity contribution in [2.75, 3.05) is 26.2 Å². The van der Waals surface area contributed by atoms with Gasteiger partial charge in [-0.25, -0.2) is 0 Å². The number of hydrogen-bond donors (Lipinski definition) is 1. The second-order valence-electron chi connectivity index (χ2n) is 4.94. The smallest absolute Gasteiger partial charge is 0.0700 e. The Kier molecular flexibility index (Phi) is 3.92. The Bertz CT molecular complexity index is 518. The number of nitrogens with one attached hydrogen (secondary N) is 1. The zero-order chi connectivity index (χ0) is 13.1. The minimum Gasteiger partial charge on any atom is -0.314 e. The van der Waals surface area contributed by atoms with Gasteiger partial charge in [0.15, 0.2) is 0 Å². The van der Waals surface area contributed by atoms with E-state index in [2.05, 4.69) is 45.7 Å². The van der Waals surface area contributed by atoms with Gasteiger partial charge in [0.1, 0.15) is 0 Å². The highest BCUT2D eigenvalue weighted by atomic mass is 32.1. The highest BCUT2D eigenvalue weighted by Crippen LogP contribution is 2.33. The minimum atomic E-state index is 0.380. The molecule has 0 radical (unpaired) electrons. The fourth-order valence-electron chi connectivity index (χ4n) is 2.71. The molecule has 1 unspecified atom stereocenters. The molecule has 4 heteroatoms. The van der Waals surface area contributed by atoms with E-state index in [-0.39, 0.29) is 0 Å². The fraction of sp³-hybridized carbons (Fsp3) is 0.400. The molecule has 1 saturated heterocycles. The summed E-state index contributed by atoms with van der Waals surface area (Å²) >= 11 is 1.85. The van der Waals surface area contributed by atoms with Gasteiger partial charge in [0, 0.05) is 43.4 Å². The predicted molar refractivity (Wildman–Crippen MR) is 79.6 cm³/mol. The van der Waals surface area contributed by atoms with Crippen LogP contribution in [0.2, 0.25) is 0 Å². The van der Waals surface area contributed by atoms with E-state index >= 15 is 0 Å². The summed E-state index contributed by atoms with van der Waals surface area (Å²) in [6, 6.07) is 6.94. The van der Waals surface area contributed by atoms with E-state index in [4.69, 9.17) is 0 Å². The fourth-order valence-corrected chi connectivity index (χ4v) is 3.58. The van der Waals surface area contributed by atoms with Crippen molar-refractivity contribution < 1.29 is 0 Å². The van der Waals surface area contributed by atoms with Crippen LogP contribution in [0.3, 0.4) is 0 Å². The second kappa shape index (κ2) is 5.82. The monoisotopic (exact) mass is 273 g/mol. The Morgan fingerprint density at radius 2 is 2.16 bits per heavy atom. The van der Waals surface area contributed by atoms with Gasteiger partial charge in [-0.05, 0) is 35.6 Å². The van der Waals surface area contributed by atoms with Crippen LogP contribution in [0.4, 0.5) is 0 Å². The van der Waals surface area contributed by atoms with Crippen LogP contribution in [0.25, 0.3) is 0 Å². The molecule has 1 aliphatic heterocycles. The standard InChI is InChI=1S/C15H19N3S/c1-12-11-17-5-4-13(12)15(14-3-2-10-19-14)18-8-6-16-7-9-18/h2-5,10-11,15-16H,6-9H2,1H3. The number of aromatic nitrogens is 1. The third-order valence-corrected chi connectivity index (χ3v) is 4.61. The minimum absolute atomic E-state index is 0.380. The molecule has 0 amide bonds. The first-order chi connectivity index (χ1) is 9.36. The molecule has 19 heavy (non-hydrogen) atoms. The van der Waals surface area contributed by atoms with Crippen LogP contribution in [-0.2, 0) is 0 Å². The van der Waals surface area contributed by atoms with Crippen molar-refractivity contribution in [3.63, 3.8) is 0 Å². The quantitative estimate of drug-likeness (QED) is 0.931. The molecule has 2 aromatic rings. The molecule has 0 aliphatic carbocycles. The Morgan fingerprint density at radius 1 is 1.32 bits per heavy atom. The van der Waals surface area contributed by atoms with Crippen LogP contribution in [0.1, 0.15) is 22.0 Å². The van der Waals surface area contributed by atoms with Crippen LogP contribution >= 0.6 is 11.3 Å². The zero-order valence-corrected chi connectivity index (χ0v) is 12.0. The Balaban J connectivity index is 1.99. The summed E-state index contributed by atoms with van der Waals surface area (Å²) in [5, 5.41) is 5.60. The molecule has 3 rings (SSSR count). The molecule has 2 aromatic heterocycles. The summed E-state index contributed by atoms with van der Waals surface area (Å²) < 4.78 is 0. The van der Waals surface area contributed by atoms with Gasteiger partial charge in [-0.3, -0.25) is 9.88 Å². The normalized spacial score (nSPS) is 18.4. The van der Waals surface area contributed by atoms with E-state index in [1.54, 1.807) is 0 Å². The SMILES string of the molecule is Cc1cnccc1C(c1cccs1)N1CCNCC1. The van der Waals surface area contributed by atoms with Gasteiger partial charge in [0.25, 0.3) is 0 Å². The number of thiophene rings is 1. The van der Waals surface area contributed by atoms with Crippen molar-refractivity contribution in [1.29, 1.82) is 0 Å². The summed E-state index contributed by atoms with van der Waals surface area (Å²) in [6.07, 6.45) is 3.88. The van der Waals surface area contributed by atoms with Crippen LogP contribution in [0.5, 0.6) is 0 Å². The molecule has 0 aromatic carbocycles. The maximum absolute atomic E-state index is 4.23. The molecule has 1 atom stereocenters. The average molecular weight is 273 g/mol. The van der Waals surface area contributed by atoms with Gasteiger partial charge >= 0.3 is 0 Å². The summed E-state index contributed by atoms with van der Waals surface area (Å²) in [5.41, 5.74) is 2.67. The van der Waals surface area contributed by atoms with E-state index in [1.807, 2.05) is 23.7 Å². The van der Waals surface area contributed by atoms with E-state index in [0.717, 1.165) is 26.2 Å². The molecule has 1 N–H and O–H groups in total. The number of aryl methyl sites for hydroxylation is 1. The van der Waals surface area contributed by atoms with Crippen molar-refractivity contribution in [2.45, 2.75) is 13.0 Å². The number of rotatable bonds is 3. The van der Waals surface area contributed by atoms with Crippen molar-refractivity contribution >= 4 is 11.3 Å². The summed E-state index contributed by atoms with van der Waals surface area (Å²) in [6.45, 7) is 6.51. The van der Waals surface area contributed by atoms with E-state index < -0.39 is 0 Å². The first kappa shape index (κ1) is 12.8. The van der Waals surface area contributed by atoms with Gasteiger partial charge < -0.3 is 5.32 Å². The predicted octanol–water partition coefficient (Wildman–Crippen LogP) is 2.45. The zero-order valence-electron chi connectivity index (χ0n) is 11.2. The summed E-state index contributed by atoms with van der Waals surface area (Å²) in [4.78, 5) is 8.23. The maximum Gasteiger partial charge on any atom is 0.0700 e. The largest absolute Gasteiger partial charge is 0.314 e. The van der Waals surface area contributed by atoms with Gasteiger partial charge in [-0.15, -0.1) is 11.3 Å². The van der Waals surface area contributed by atoms with Crippen molar-refractivity contribution in [1.82, 2.24) is 15.2 Å². The molecule has 3 heterocycles. The van der Waals surface area contributed by atoms with Gasteiger partial charge in [0.2, 0.25) is 0 Å². The first-order valence-corrected chi connectivity index (χ1v) is 7.63. The van der Waals surface area contributed by atoms with Crippen LogP contribution in [0, 0.1) is 6.92 Å². The Labute approximate surface area is 118 Å². The second-order valence-corrected chi connectivity index (χ2v) is 5.92. The van der Waals surface area contributed by atoms with Crippen LogP contribution < -0.4 is 5.32 Å². The maximum atomic E-state index is 4.23. The highest BCUT2D eigenvalue weighted by Gasteiger charge is 2.25. The van der Waals surface area contributed by atoms with E-state index in [1.165, 1.54) is 16.0 Å². The van der Waals surface area contributed by atoms with Crippen LogP contribution in [-0.4, -0.2) is 36.1 Å². The third kappa shape index (κ3) is 2.71. The lowest BCUT2D eigenvalue weighted by Crippen LogP contribution is -2.45. The van der Waals surface area contributed by atoms with Crippen molar-refractivity contribution in [2.24, 2.45) is 0 Å². The van der Waals surface area contributed by atoms with E-state index in [0.29, 0.717) is 6.04 Å². The number of pyridine rings is 1. The topological polar surface area (TPSA) is 28.2 Å².